The monoisotopic (exact) mass is 344 g/mol. The molecule has 132 valence electrons. The molecule has 0 radical (unpaired) electrons. The molecular weight excluding hydrogens is 324 g/mol. The first-order valence-corrected chi connectivity index (χ1v) is 7.90. The van der Waals surface area contributed by atoms with Crippen molar-refractivity contribution in [3.63, 3.8) is 0 Å². The molecule has 3 rings (SSSR count). The first-order valence-electron chi connectivity index (χ1n) is 7.90. The number of hydrogen-bond donors (Lipinski definition) is 1. The second-order valence-electron chi connectivity index (χ2n) is 5.51. The highest BCUT2D eigenvalue weighted by molar-refractivity contribution is 5.91. The Morgan fingerprint density at radius 1 is 1.28 bits per heavy atom. The van der Waals surface area contributed by atoms with Crippen LogP contribution in [0.1, 0.15) is 6.42 Å². The summed E-state index contributed by atoms with van der Waals surface area (Å²) in [4.78, 5) is 22.2. The molecule has 1 N–H and O–H groups in total. The Bertz CT molecular complexity index is 726. The predicted octanol–water partition coefficient (Wildman–Crippen LogP) is 2.18. The Labute approximate surface area is 145 Å². The fourth-order valence-electron chi connectivity index (χ4n) is 2.62. The number of aromatic nitrogens is 2. The minimum atomic E-state index is -0.200. The van der Waals surface area contributed by atoms with Crippen LogP contribution < -0.4 is 19.5 Å². The summed E-state index contributed by atoms with van der Waals surface area (Å²) in [5.41, 5.74) is 0.589. The van der Waals surface area contributed by atoms with Gasteiger partial charge in [0, 0.05) is 31.4 Å². The number of rotatable bonds is 5. The van der Waals surface area contributed by atoms with Gasteiger partial charge in [0.05, 0.1) is 32.6 Å². The van der Waals surface area contributed by atoms with Crippen LogP contribution in [-0.4, -0.2) is 54.3 Å². The van der Waals surface area contributed by atoms with Gasteiger partial charge >= 0.3 is 6.03 Å². The van der Waals surface area contributed by atoms with Crippen LogP contribution in [-0.2, 0) is 0 Å². The highest BCUT2D eigenvalue weighted by atomic mass is 16.5. The molecule has 1 aromatic heterocycles. The van der Waals surface area contributed by atoms with E-state index in [-0.39, 0.29) is 12.1 Å². The van der Waals surface area contributed by atoms with E-state index >= 15 is 0 Å². The summed E-state index contributed by atoms with van der Waals surface area (Å²) in [6, 6.07) is 5.04. The van der Waals surface area contributed by atoms with Crippen LogP contribution >= 0.6 is 0 Å². The lowest BCUT2D eigenvalue weighted by Gasteiger charge is -2.19. The molecule has 1 aliphatic rings. The van der Waals surface area contributed by atoms with Crippen LogP contribution in [0, 0.1) is 0 Å². The number of amides is 2. The average Bonchev–Trinajstić information content (AvgIpc) is 3.11. The number of hydrogen-bond acceptors (Lipinski definition) is 6. The Morgan fingerprint density at radius 3 is 2.88 bits per heavy atom. The normalized spacial score (nSPS) is 16.4. The highest BCUT2D eigenvalue weighted by Crippen LogP contribution is 2.29. The first-order chi connectivity index (χ1) is 12.2. The van der Waals surface area contributed by atoms with Crippen molar-refractivity contribution < 1.29 is 19.0 Å². The molecule has 2 aromatic rings. The topological polar surface area (TPSA) is 85.8 Å². The molecule has 8 heteroatoms. The lowest BCUT2D eigenvalue weighted by Crippen LogP contribution is -2.34. The number of methoxy groups -OCH3 is 2. The minimum absolute atomic E-state index is 0.0970. The van der Waals surface area contributed by atoms with Crippen LogP contribution in [0.15, 0.2) is 36.8 Å². The van der Waals surface area contributed by atoms with E-state index in [1.807, 2.05) is 0 Å². The predicted molar refractivity (Wildman–Crippen MR) is 91.2 cm³/mol. The zero-order chi connectivity index (χ0) is 17.6. The number of urea groups is 1. The lowest BCUT2D eigenvalue weighted by molar-refractivity contribution is 0.189. The summed E-state index contributed by atoms with van der Waals surface area (Å²) in [5.74, 6) is 1.67. The number of ether oxygens (including phenoxy) is 3. The molecule has 1 atom stereocenters. The summed E-state index contributed by atoms with van der Waals surface area (Å²) in [6.07, 6.45) is 5.36. The number of benzene rings is 1. The van der Waals surface area contributed by atoms with Gasteiger partial charge < -0.3 is 24.4 Å². The molecule has 8 nitrogen and oxygen atoms in total. The second kappa shape index (κ2) is 7.69. The number of anilines is 1. The lowest BCUT2D eigenvalue weighted by atomic mass is 10.2. The van der Waals surface area contributed by atoms with Gasteiger partial charge in [-0.05, 0) is 12.1 Å². The van der Waals surface area contributed by atoms with E-state index in [1.165, 1.54) is 0 Å². The van der Waals surface area contributed by atoms with E-state index in [4.69, 9.17) is 14.2 Å². The number of carbonyl (C=O) groups excluding carboxylic acids is 1. The van der Waals surface area contributed by atoms with Gasteiger partial charge in [0.1, 0.15) is 17.6 Å². The Kier molecular flexibility index (Phi) is 5.17. The maximum Gasteiger partial charge on any atom is 0.322 e. The summed E-state index contributed by atoms with van der Waals surface area (Å²) >= 11 is 0. The number of likely N-dealkylation sites (tertiary alicyclic amines) is 1. The SMILES string of the molecule is COc1ccc(NC(=O)N2CCC(Oc3cnccn3)C2)c(OC)c1. The van der Waals surface area contributed by atoms with Crippen LogP contribution in [0.3, 0.4) is 0 Å². The second-order valence-corrected chi connectivity index (χ2v) is 5.51. The van der Waals surface area contributed by atoms with E-state index < -0.39 is 0 Å². The third kappa shape index (κ3) is 4.09. The molecule has 25 heavy (non-hydrogen) atoms. The summed E-state index contributed by atoms with van der Waals surface area (Å²) in [6.45, 7) is 1.09. The Hall–Kier alpha value is -3.03. The number of carbonyl (C=O) groups is 1. The zero-order valence-corrected chi connectivity index (χ0v) is 14.1. The van der Waals surface area contributed by atoms with Gasteiger partial charge in [0.15, 0.2) is 0 Å². The van der Waals surface area contributed by atoms with Crippen molar-refractivity contribution >= 4 is 11.7 Å². The fourth-order valence-corrected chi connectivity index (χ4v) is 2.62. The Morgan fingerprint density at radius 2 is 2.16 bits per heavy atom. The van der Waals surface area contributed by atoms with Crippen molar-refractivity contribution in [1.29, 1.82) is 0 Å². The molecule has 1 fully saturated rings. The van der Waals surface area contributed by atoms with Crippen molar-refractivity contribution in [3.8, 4) is 17.4 Å². The summed E-state index contributed by atoms with van der Waals surface area (Å²) in [7, 11) is 3.12. The molecular formula is C17H20N4O4. The van der Waals surface area contributed by atoms with Crippen molar-refractivity contribution in [2.24, 2.45) is 0 Å². The van der Waals surface area contributed by atoms with E-state index in [2.05, 4.69) is 15.3 Å². The van der Waals surface area contributed by atoms with Crippen LogP contribution in [0.4, 0.5) is 10.5 Å². The van der Waals surface area contributed by atoms with Crippen LogP contribution in [0.5, 0.6) is 17.4 Å². The van der Waals surface area contributed by atoms with E-state index in [0.29, 0.717) is 36.2 Å². The van der Waals surface area contributed by atoms with E-state index in [0.717, 1.165) is 6.42 Å². The van der Waals surface area contributed by atoms with E-state index in [1.54, 1.807) is 55.9 Å². The maximum atomic E-state index is 12.5. The summed E-state index contributed by atoms with van der Waals surface area (Å²) in [5, 5.41) is 2.86. The van der Waals surface area contributed by atoms with Gasteiger partial charge in [-0.2, -0.15) is 0 Å². The number of nitrogens with one attached hydrogen (secondary N) is 1. The zero-order valence-electron chi connectivity index (χ0n) is 14.1. The average molecular weight is 344 g/mol. The molecule has 1 aliphatic heterocycles. The fraction of sp³-hybridized carbons (Fsp3) is 0.353. The molecule has 0 aliphatic carbocycles. The maximum absolute atomic E-state index is 12.5. The van der Waals surface area contributed by atoms with Crippen LogP contribution in [0.2, 0.25) is 0 Å². The standard InChI is InChI=1S/C17H20N4O4/c1-23-12-3-4-14(15(9-12)24-2)20-17(22)21-8-5-13(11-21)25-16-10-18-6-7-19-16/h3-4,6-7,9-10,13H,5,8,11H2,1-2H3,(H,20,22). The van der Waals surface area contributed by atoms with Crippen molar-refractivity contribution in [3.05, 3.63) is 36.8 Å². The largest absolute Gasteiger partial charge is 0.497 e. The third-order valence-corrected chi connectivity index (χ3v) is 3.91. The van der Waals surface area contributed by atoms with Gasteiger partial charge in [0.25, 0.3) is 0 Å². The molecule has 0 spiro atoms. The van der Waals surface area contributed by atoms with Gasteiger partial charge in [-0.25, -0.2) is 9.78 Å². The minimum Gasteiger partial charge on any atom is -0.497 e. The third-order valence-electron chi connectivity index (χ3n) is 3.91. The first kappa shape index (κ1) is 16.8. The van der Waals surface area contributed by atoms with Crippen molar-refractivity contribution in [2.45, 2.75) is 12.5 Å². The molecule has 2 heterocycles. The van der Waals surface area contributed by atoms with Gasteiger partial charge in [-0.15, -0.1) is 0 Å². The van der Waals surface area contributed by atoms with Crippen LogP contribution in [0.25, 0.3) is 0 Å². The number of nitrogens with zero attached hydrogens (tertiary/aromatic N) is 3. The highest BCUT2D eigenvalue weighted by Gasteiger charge is 2.28. The smallest absolute Gasteiger partial charge is 0.322 e. The van der Waals surface area contributed by atoms with Crippen molar-refractivity contribution in [2.75, 3.05) is 32.6 Å². The molecule has 1 unspecified atom stereocenters. The Balaban J connectivity index is 1.59. The summed E-state index contributed by atoms with van der Waals surface area (Å²) < 4.78 is 16.2. The van der Waals surface area contributed by atoms with Gasteiger partial charge in [-0.3, -0.25) is 4.98 Å². The molecule has 1 aromatic carbocycles. The van der Waals surface area contributed by atoms with E-state index in [9.17, 15) is 4.79 Å². The molecule has 1 saturated heterocycles. The van der Waals surface area contributed by atoms with Gasteiger partial charge in [0.2, 0.25) is 5.88 Å². The molecule has 2 amide bonds. The van der Waals surface area contributed by atoms with Crippen molar-refractivity contribution in [1.82, 2.24) is 14.9 Å². The molecule has 0 saturated carbocycles. The van der Waals surface area contributed by atoms with Gasteiger partial charge in [-0.1, -0.05) is 0 Å². The quantitative estimate of drug-likeness (QED) is 0.895. The molecule has 0 bridgehead atoms.